The van der Waals surface area contributed by atoms with Crippen molar-refractivity contribution >= 4 is 11.9 Å². The van der Waals surface area contributed by atoms with Gasteiger partial charge in [0.2, 0.25) is 5.54 Å². The maximum atomic E-state index is 14.6. The fourth-order valence-electron chi connectivity index (χ4n) is 3.37. The van der Waals surface area contributed by atoms with Crippen LogP contribution in [-0.4, -0.2) is 38.8 Å². The Balaban J connectivity index is 1.97. The summed E-state index contributed by atoms with van der Waals surface area (Å²) in [5.74, 6) is -1.80. The Morgan fingerprint density at radius 3 is 2.31 bits per heavy atom. The molecule has 3 aromatic rings. The van der Waals surface area contributed by atoms with Crippen LogP contribution in [0, 0.1) is 11.9 Å². The fraction of sp³-hybridized carbons (Fsp3) is 0.150. The minimum atomic E-state index is -4.71. The Morgan fingerprint density at radius 2 is 1.72 bits per heavy atom. The van der Waals surface area contributed by atoms with Gasteiger partial charge in [0, 0.05) is 36.8 Å². The number of guanidine groups is 1. The SMILES string of the molecule is CN1C(=O)C(c2ccc(F)c(-c3cnc(F)nc3)c2)(c2cc(C(F)(F)F)ccn2)N=C1N. The summed E-state index contributed by atoms with van der Waals surface area (Å²) >= 11 is 0. The van der Waals surface area contributed by atoms with E-state index in [1.807, 2.05) is 0 Å². The molecule has 7 nitrogen and oxygen atoms in total. The first-order chi connectivity index (χ1) is 15.0. The summed E-state index contributed by atoms with van der Waals surface area (Å²) < 4.78 is 67.6. The van der Waals surface area contributed by atoms with Gasteiger partial charge in [0.05, 0.1) is 11.3 Å². The van der Waals surface area contributed by atoms with Crippen LogP contribution in [0.3, 0.4) is 0 Å². The van der Waals surface area contributed by atoms with Crippen LogP contribution in [0.5, 0.6) is 0 Å². The molecular formula is C20H13F5N6O. The minimum absolute atomic E-state index is 0.00218. The predicted molar refractivity (Wildman–Crippen MR) is 102 cm³/mol. The second kappa shape index (κ2) is 7.32. The van der Waals surface area contributed by atoms with E-state index in [1.54, 1.807) is 0 Å². The maximum absolute atomic E-state index is 14.6. The van der Waals surface area contributed by atoms with Gasteiger partial charge >= 0.3 is 12.3 Å². The molecular weight excluding hydrogens is 435 g/mol. The van der Waals surface area contributed by atoms with E-state index >= 15 is 0 Å². The number of carbonyl (C=O) groups is 1. The molecule has 0 spiro atoms. The topological polar surface area (TPSA) is 97.4 Å². The van der Waals surface area contributed by atoms with Crippen LogP contribution in [0.1, 0.15) is 16.8 Å². The van der Waals surface area contributed by atoms with Crippen molar-refractivity contribution in [3.8, 4) is 11.1 Å². The van der Waals surface area contributed by atoms with Gasteiger partial charge < -0.3 is 5.73 Å². The van der Waals surface area contributed by atoms with Crippen LogP contribution in [-0.2, 0) is 16.5 Å². The number of rotatable bonds is 3. The van der Waals surface area contributed by atoms with E-state index in [1.165, 1.54) is 19.2 Å². The zero-order valence-corrected chi connectivity index (χ0v) is 16.2. The normalized spacial score (nSPS) is 18.8. The number of likely N-dealkylation sites (N-methyl/N-ethyl adjacent to an activating group) is 1. The van der Waals surface area contributed by atoms with Crippen molar-refractivity contribution < 1.29 is 26.7 Å². The molecule has 12 heteroatoms. The van der Waals surface area contributed by atoms with E-state index in [-0.39, 0.29) is 28.3 Å². The number of amides is 1. The van der Waals surface area contributed by atoms with Gasteiger partial charge in [0.15, 0.2) is 5.96 Å². The maximum Gasteiger partial charge on any atom is 0.416 e. The van der Waals surface area contributed by atoms with Crippen LogP contribution in [0.15, 0.2) is 53.9 Å². The van der Waals surface area contributed by atoms with E-state index in [0.29, 0.717) is 6.07 Å². The standard InChI is InChI=1S/C20H13F5N6O/c1-31-16(32)19(30-18(31)26,15-7-12(4-5-27-15)20(23,24)25)11-2-3-14(21)13(6-11)10-8-28-17(22)29-9-10/h2-9H,1H3,(H2,26,30). The highest BCUT2D eigenvalue weighted by molar-refractivity contribution is 6.08. The number of aliphatic imine (C=N–C) groups is 1. The average Bonchev–Trinajstić information content (AvgIpc) is 2.99. The summed E-state index contributed by atoms with van der Waals surface area (Å²) in [6, 6.07) is 4.83. The Labute approximate surface area is 177 Å². The van der Waals surface area contributed by atoms with Gasteiger partial charge in [0.1, 0.15) is 5.82 Å². The first kappa shape index (κ1) is 21.3. The molecule has 2 N–H and O–H groups in total. The molecule has 1 atom stereocenters. The molecule has 2 aromatic heterocycles. The Hall–Kier alpha value is -3.96. The summed E-state index contributed by atoms with van der Waals surface area (Å²) in [5, 5.41) is 0. The molecule has 0 saturated carbocycles. The van der Waals surface area contributed by atoms with Crippen molar-refractivity contribution in [2.24, 2.45) is 10.7 Å². The van der Waals surface area contributed by atoms with Gasteiger partial charge in [-0.25, -0.2) is 19.4 Å². The monoisotopic (exact) mass is 448 g/mol. The van der Waals surface area contributed by atoms with E-state index in [9.17, 15) is 26.7 Å². The molecule has 1 amide bonds. The first-order valence-corrected chi connectivity index (χ1v) is 8.99. The van der Waals surface area contributed by atoms with Crippen molar-refractivity contribution in [2.45, 2.75) is 11.7 Å². The lowest BCUT2D eigenvalue weighted by Gasteiger charge is -2.26. The summed E-state index contributed by atoms with van der Waals surface area (Å²) in [6.07, 6.45) is -2.78. The second-order valence-electron chi connectivity index (χ2n) is 6.91. The van der Waals surface area contributed by atoms with Crippen LogP contribution < -0.4 is 5.73 Å². The summed E-state index contributed by atoms with van der Waals surface area (Å²) in [5.41, 5.74) is 2.27. The van der Waals surface area contributed by atoms with Gasteiger partial charge in [-0.15, -0.1) is 0 Å². The lowest BCUT2D eigenvalue weighted by molar-refractivity contribution is -0.138. The van der Waals surface area contributed by atoms with E-state index in [2.05, 4.69) is 19.9 Å². The number of benzene rings is 1. The third-order valence-electron chi connectivity index (χ3n) is 5.01. The van der Waals surface area contributed by atoms with Gasteiger partial charge in [-0.2, -0.15) is 17.6 Å². The molecule has 0 saturated heterocycles. The van der Waals surface area contributed by atoms with Crippen molar-refractivity contribution in [3.63, 3.8) is 0 Å². The highest BCUT2D eigenvalue weighted by Crippen LogP contribution is 2.41. The molecule has 0 fully saturated rings. The van der Waals surface area contributed by atoms with E-state index < -0.39 is 35.1 Å². The molecule has 1 aromatic carbocycles. The molecule has 1 aliphatic rings. The molecule has 32 heavy (non-hydrogen) atoms. The Bertz CT molecular complexity index is 1240. The van der Waals surface area contributed by atoms with Crippen molar-refractivity contribution in [1.82, 2.24) is 19.9 Å². The van der Waals surface area contributed by atoms with Crippen LogP contribution in [0.4, 0.5) is 22.0 Å². The number of aromatic nitrogens is 3. The molecule has 0 bridgehead atoms. The summed E-state index contributed by atoms with van der Waals surface area (Å²) in [6.45, 7) is 0. The number of nitrogens with two attached hydrogens (primary N) is 1. The fourth-order valence-corrected chi connectivity index (χ4v) is 3.37. The molecule has 3 heterocycles. The van der Waals surface area contributed by atoms with E-state index in [0.717, 1.165) is 35.6 Å². The highest BCUT2D eigenvalue weighted by atomic mass is 19.4. The van der Waals surface area contributed by atoms with Crippen LogP contribution in [0.25, 0.3) is 11.1 Å². The minimum Gasteiger partial charge on any atom is -0.369 e. The third-order valence-corrected chi connectivity index (χ3v) is 5.01. The number of halogens is 5. The second-order valence-corrected chi connectivity index (χ2v) is 6.91. The molecule has 0 aliphatic carbocycles. The Morgan fingerprint density at radius 1 is 1.03 bits per heavy atom. The third kappa shape index (κ3) is 3.33. The van der Waals surface area contributed by atoms with Crippen LogP contribution in [0.2, 0.25) is 0 Å². The van der Waals surface area contributed by atoms with Crippen LogP contribution >= 0.6 is 0 Å². The molecule has 1 unspecified atom stereocenters. The van der Waals surface area contributed by atoms with Gasteiger partial charge in [-0.3, -0.25) is 14.7 Å². The number of carbonyl (C=O) groups excluding carboxylic acids is 1. The number of hydrogen-bond donors (Lipinski definition) is 1. The lowest BCUT2D eigenvalue weighted by Crippen LogP contribution is -2.41. The molecule has 1 aliphatic heterocycles. The van der Waals surface area contributed by atoms with Crippen molar-refractivity contribution in [3.05, 3.63) is 77.6 Å². The molecule has 164 valence electrons. The molecule has 4 rings (SSSR count). The number of nitrogens with zero attached hydrogens (tertiary/aromatic N) is 5. The lowest BCUT2D eigenvalue weighted by atomic mass is 9.84. The zero-order chi connectivity index (χ0) is 23.3. The number of alkyl halides is 3. The smallest absolute Gasteiger partial charge is 0.369 e. The highest BCUT2D eigenvalue weighted by Gasteiger charge is 2.51. The van der Waals surface area contributed by atoms with Gasteiger partial charge in [-0.05, 0) is 29.8 Å². The van der Waals surface area contributed by atoms with E-state index in [4.69, 9.17) is 5.73 Å². The number of pyridine rings is 1. The Kier molecular flexibility index (Phi) is 4.87. The predicted octanol–water partition coefficient (Wildman–Crippen LogP) is 2.87. The number of hydrogen-bond acceptors (Lipinski definition) is 6. The molecule has 0 radical (unpaired) electrons. The summed E-state index contributed by atoms with van der Waals surface area (Å²) in [7, 11) is 1.30. The quantitative estimate of drug-likeness (QED) is 0.491. The average molecular weight is 448 g/mol. The largest absolute Gasteiger partial charge is 0.416 e. The zero-order valence-electron chi connectivity index (χ0n) is 16.2. The van der Waals surface area contributed by atoms with Gasteiger partial charge in [0.25, 0.3) is 5.91 Å². The van der Waals surface area contributed by atoms with Crippen molar-refractivity contribution in [1.29, 1.82) is 0 Å². The van der Waals surface area contributed by atoms with Gasteiger partial charge in [-0.1, -0.05) is 6.07 Å². The van der Waals surface area contributed by atoms with Crippen molar-refractivity contribution in [2.75, 3.05) is 7.05 Å². The first-order valence-electron chi connectivity index (χ1n) is 8.99. The summed E-state index contributed by atoms with van der Waals surface area (Å²) in [4.78, 5) is 29.0.